The van der Waals surface area contributed by atoms with Gasteiger partial charge in [-0.2, -0.15) is 0 Å². The number of nitrogens with two attached hydrogens (primary N) is 1. The second-order valence-electron chi connectivity index (χ2n) is 2.69. The number of aryl methyl sites for hydroxylation is 1. The van der Waals surface area contributed by atoms with Gasteiger partial charge in [0.25, 0.3) is 0 Å². The predicted molar refractivity (Wildman–Crippen MR) is 48.3 cm³/mol. The van der Waals surface area contributed by atoms with Gasteiger partial charge in [-0.25, -0.2) is 14.6 Å². The summed E-state index contributed by atoms with van der Waals surface area (Å²) in [5.41, 5.74) is 6.50. The van der Waals surface area contributed by atoms with Gasteiger partial charge in [0.05, 0.1) is 0 Å². The molecule has 0 fully saturated rings. The first-order chi connectivity index (χ1) is 6.27. The van der Waals surface area contributed by atoms with Crippen LogP contribution in [0.4, 0.5) is 5.82 Å². The molecule has 5 nitrogen and oxygen atoms in total. The summed E-state index contributed by atoms with van der Waals surface area (Å²) in [6, 6.07) is 3.57. The molecule has 0 atom stereocenters. The van der Waals surface area contributed by atoms with E-state index in [0.29, 0.717) is 5.82 Å². The first-order valence-corrected chi connectivity index (χ1v) is 3.86. The molecule has 0 aliphatic rings. The molecule has 0 unspecified atom stereocenters. The van der Waals surface area contributed by atoms with E-state index in [9.17, 15) is 0 Å². The van der Waals surface area contributed by atoms with Crippen molar-refractivity contribution in [3.63, 3.8) is 0 Å². The Kier molecular flexibility index (Phi) is 1.70. The van der Waals surface area contributed by atoms with Crippen molar-refractivity contribution in [2.24, 2.45) is 0 Å². The molecule has 0 amide bonds. The number of hydrogen-bond donors (Lipinski definition) is 1. The number of nitrogen functional groups attached to an aromatic ring is 1. The maximum Gasteiger partial charge on any atom is 0.157 e. The Morgan fingerprint density at radius 3 is 2.85 bits per heavy atom. The minimum absolute atomic E-state index is 0.496. The van der Waals surface area contributed by atoms with Crippen LogP contribution in [0.2, 0.25) is 0 Å². The van der Waals surface area contributed by atoms with Gasteiger partial charge in [-0.05, 0) is 6.92 Å². The molecule has 0 aliphatic carbocycles. The van der Waals surface area contributed by atoms with Crippen LogP contribution < -0.4 is 5.73 Å². The van der Waals surface area contributed by atoms with Crippen LogP contribution >= 0.6 is 0 Å². The molecule has 2 aromatic heterocycles. The molecule has 0 bridgehead atoms. The maximum atomic E-state index is 5.54. The molecule has 0 saturated carbocycles. The Balaban J connectivity index is 2.53. The van der Waals surface area contributed by atoms with Crippen LogP contribution in [0.3, 0.4) is 0 Å². The average Bonchev–Trinajstić information content (AvgIpc) is 2.47. The Morgan fingerprint density at radius 1 is 1.46 bits per heavy atom. The van der Waals surface area contributed by atoms with Gasteiger partial charge in [0.2, 0.25) is 0 Å². The summed E-state index contributed by atoms with van der Waals surface area (Å²) in [6.07, 6.45) is 3.15. The van der Waals surface area contributed by atoms with Crippen LogP contribution in [-0.4, -0.2) is 19.7 Å². The summed E-state index contributed by atoms with van der Waals surface area (Å²) in [5, 5.41) is 4.08. The van der Waals surface area contributed by atoms with Crippen LogP contribution in [0.25, 0.3) is 5.82 Å². The third kappa shape index (κ3) is 1.35. The van der Waals surface area contributed by atoms with Crippen molar-refractivity contribution in [3.05, 3.63) is 30.4 Å². The summed E-state index contributed by atoms with van der Waals surface area (Å²) < 4.78 is 1.68. The summed E-state index contributed by atoms with van der Waals surface area (Å²) in [5.74, 6) is 1.22. The minimum atomic E-state index is 0.496. The normalized spacial score (nSPS) is 10.2. The Morgan fingerprint density at radius 2 is 2.31 bits per heavy atom. The second kappa shape index (κ2) is 2.85. The fraction of sp³-hybridized carbons (Fsp3) is 0.125. The van der Waals surface area contributed by atoms with Gasteiger partial charge in [0.15, 0.2) is 5.82 Å². The first-order valence-electron chi connectivity index (χ1n) is 3.86. The van der Waals surface area contributed by atoms with Crippen LogP contribution in [0.15, 0.2) is 24.7 Å². The van der Waals surface area contributed by atoms with Gasteiger partial charge in [0.1, 0.15) is 12.1 Å². The molecule has 2 rings (SSSR count). The summed E-state index contributed by atoms with van der Waals surface area (Å²) in [6.45, 7) is 1.92. The molecule has 0 radical (unpaired) electrons. The lowest BCUT2D eigenvalue weighted by molar-refractivity contribution is 0.815. The fourth-order valence-electron chi connectivity index (χ4n) is 1.14. The molecule has 13 heavy (non-hydrogen) atoms. The van der Waals surface area contributed by atoms with Crippen molar-refractivity contribution < 1.29 is 0 Å². The van der Waals surface area contributed by atoms with E-state index in [-0.39, 0.29) is 0 Å². The Bertz CT molecular complexity index is 406. The van der Waals surface area contributed by atoms with Crippen LogP contribution in [0.5, 0.6) is 0 Å². The Hall–Kier alpha value is -1.91. The lowest BCUT2D eigenvalue weighted by atomic mass is 10.4. The highest BCUT2D eigenvalue weighted by atomic mass is 15.3. The quantitative estimate of drug-likeness (QED) is 0.687. The SMILES string of the molecule is Cc1cc(N)nn1-c1ccncn1. The van der Waals surface area contributed by atoms with Crippen molar-refractivity contribution in [2.75, 3.05) is 5.73 Å². The van der Waals surface area contributed by atoms with E-state index >= 15 is 0 Å². The van der Waals surface area contributed by atoms with E-state index < -0.39 is 0 Å². The lowest BCUT2D eigenvalue weighted by Crippen LogP contribution is -2.01. The van der Waals surface area contributed by atoms with Gasteiger partial charge in [-0.3, -0.25) is 0 Å². The predicted octanol–water partition coefficient (Wildman–Crippen LogP) is 0.553. The molecular weight excluding hydrogens is 166 g/mol. The van der Waals surface area contributed by atoms with Crippen LogP contribution in [0.1, 0.15) is 5.69 Å². The number of aromatic nitrogens is 4. The number of hydrogen-bond acceptors (Lipinski definition) is 4. The van der Waals surface area contributed by atoms with E-state index in [1.165, 1.54) is 6.33 Å². The van der Waals surface area contributed by atoms with Crippen molar-refractivity contribution >= 4 is 5.82 Å². The zero-order valence-corrected chi connectivity index (χ0v) is 7.18. The highest BCUT2D eigenvalue weighted by Crippen LogP contribution is 2.09. The lowest BCUT2D eigenvalue weighted by Gasteiger charge is -2.00. The minimum Gasteiger partial charge on any atom is -0.382 e. The van der Waals surface area contributed by atoms with Crippen LogP contribution in [-0.2, 0) is 0 Å². The van der Waals surface area contributed by atoms with Gasteiger partial charge in [0, 0.05) is 24.0 Å². The van der Waals surface area contributed by atoms with Gasteiger partial charge < -0.3 is 5.73 Å². The van der Waals surface area contributed by atoms with Gasteiger partial charge >= 0.3 is 0 Å². The molecule has 2 N–H and O–H groups in total. The monoisotopic (exact) mass is 175 g/mol. The highest BCUT2D eigenvalue weighted by Gasteiger charge is 2.03. The smallest absolute Gasteiger partial charge is 0.157 e. The highest BCUT2D eigenvalue weighted by molar-refractivity contribution is 5.33. The van der Waals surface area contributed by atoms with Crippen molar-refractivity contribution in [1.82, 2.24) is 19.7 Å². The van der Waals surface area contributed by atoms with Crippen molar-refractivity contribution in [3.8, 4) is 5.82 Å². The third-order valence-corrected chi connectivity index (χ3v) is 1.69. The molecule has 0 aliphatic heterocycles. The standard InChI is InChI=1S/C8H9N5/c1-6-4-7(9)12-13(6)8-2-3-10-5-11-8/h2-5H,1H3,(H2,9,12). The van der Waals surface area contributed by atoms with Crippen LogP contribution in [0, 0.1) is 6.92 Å². The molecule has 0 spiro atoms. The number of anilines is 1. The average molecular weight is 175 g/mol. The molecule has 0 saturated heterocycles. The molecular formula is C8H9N5. The molecule has 0 aromatic carbocycles. The molecule has 2 aromatic rings. The van der Waals surface area contributed by atoms with E-state index in [1.54, 1.807) is 23.0 Å². The topological polar surface area (TPSA) is 69.6 Å². The van der Waals surface area contributed by atoms with Crippen molar-refractivity contribution in [1.29, 1.82) is 0 Å². The van der Waals surface area contributed by atoms with Gasteiger partial charge in [-0.1, -0.05) is 0 Å². The number of nitrogens with zero attached hydrogens (tertiary/aromatic N) is 4. The summed E-state index contributed by atoms with van der Waals surface area (Å²) >= 11 is 0. The summed E-state index contributed by atoms with van der Waals surface area (Å²) in [7, 11) is 0. The Labute approximate surface area is 75.2 Å². The van der Waals surface area contributed by atoms with Crippen molar-refractivity contribution in [2.45, 2.75) is 6.92 Å². The van der Waals surface area contributed by atoms with Gasteiger partial charge in [-0.15, -0.1) is 5.10 Å². The zero-order valence-electron chi connectivity index (χ0n) is 7.18. The molecule has 2 heterocycles. The molecule has 5 heteroatoms. The second-order valence-corrected chi connectivity index (χ2v) is 2.69. The maximum absolute atomic E-state index is 5.54. The first kappa shape index (κ1) is 7.72. The fourth-order valence-corrected chi connectivity index (χ4v) is 1.14. The van der Waals surface area contributed by atoms with E-state index in [1.807, 2.05) is 6.92 Å². The van der Waals surface area contributed by atoms with E-state index in [2.05, 4.69) is 15.1 Å². The largest absolute Gasteiger partial charge is 0.382 e. The summed E-state index contributed by atoms with van der Waals surface area (Å²) in [4.78, 5) is 7.88. The van der Waals surface area contributed by atoms with E-state index in [0.717, 1.165) is 11.5 Å². The third-order valence-electron chi connectivity index (χ3n) is 1.69. The zero-order chi connectivity index (χ0) is 9.26. The molecule has 66 valence electrons. The number of rotatable bonds is 1. The van der Waals surface area contributed by atoms with E-state index in [4.69, 9.17) is 5.73 Å².